The van der Waals surface area contributed by atoms with E-state index in [1.165, 1.54) is 21.1 Å². The van der Waals surface area contributed by atoms with Crippen LogP contribution in [0.3, 0.4) is 0 Å². The molecule has 1 aromatic rings. The van der Waals surface area contributed by atoms with Crippen molar-refractivity contribution >= 4 is 22.6 Å². The van der Waals surface area contributed by atoms with Gasteiger partial charge in [-0.05, 0) is 66.1 Å². The quantitative estimate of drug-likeness (QED) is 0.601. The zero-order valence-corrected chi connectivity index (χ0v) is 11.2. The van der Waals surface area contributed by atoms with Crippen LogP contribution in [0.25, 0.3) is 0 Å². The highest BCUT2D eigenvalue weighted by Gasteiger charge is 2.02. The summed E-state index contributed by atoms with van der Waals surface area (Å²) in [6, 6.07) is 4.23. The van der Waals surface area contributed by atoms with Gasteiger partial charge in [0.25, 0.3) is 0 Å². The summed E-state index contributed by atoms with van der Waals surface area (Å²) in [6.45, 7) is 7.26. The average molecular weight is 304 g/mol. The van der Waals surface area contributed by atoms with Crippen molar-refractivity contribution in [3.05, 3.63) is 26.8 Å². The highest BCUT2D eigenvalue weighted by Crippen LogP contribution is 2.23. The van der Waals surface area contributed by atoms with Gasteiger partial charge >= 0.3 is 0 Å². The first kappa shape index (κ1) is 11.8. The third-order valence-electron chi connectivity index (χ3n) is 2.18. The molecule has 0 aliphatic rings. The maximum absolute atomic E-state index is 5.66. The van der Waals surface area contributed by atoms with Gasteiger partial charge in [0.05, 0.1) is 6.61 Å². The Hall–Kier alpha value is -0.250. The van der Waals surface area contributed by atoms with E-state index in [1.54, 1.807) is 0 Å². The Balaban J connectivity index is 2.69. The van der Waals surface area contributed by atoms with Gasteiger partial charge in [0.1, 0.15) is 5.75 Å². The third kappa shape index (κ3) is 3.15. The first-order valence-electron chi connectivity index (χ1n) is 5.04. The van der Waals surface area contributed by atoms with Gasteiger partial charge in [-0.2, -0.15) is 0 Å². The number of rotatable bonds is 4. The summed E-state index contributed by atoms with van der Waals surface area (Å²) >= 11 is 2.38. The molecule has 1 rings (SSSR count). The van der Waals surface area contributed by atoms with E-state index in [0.29, 0.717) is 0 Å². The first-order valence-corrected chi connectivity index (χ1v) is 6.12. The van der Waals surface area contributed by atoms with E-state index in [0.717, 1.165) is 18.8 Å². The van der Waals surface area contributed by atoms with Crippen LogP contribution in [0.5, 0.6) is 5.75 Å². The fourth-order valence-corrected chi connectivity index (χ4v) is 1.64. The highest BCUT2D eigenvalue weighted by atomic mass is 127. The highest BCUT2D eigenvalue weighted by molar-refractivity contribution is 14.1. The summed E-state index contributed by atoms with van der Waals surface area (Å²) < 4.78 is 7.00. The molecule has 0 aliphatic carbocycles. The van der Waals surface area contributed by atoms with E-state index >= 15 is 0 Å². The summed E-state index contributed by atoms with van der Waals surface area (Å²) in [5.74, 6) is 1.01. The molecule has 0 N–H and O–H groups in total. The Morgan fingerprint density at radius 3 is 2.29 bits per heavy atom. The van der Waals surface area contributed by atoms with Crippen molar-refractivity contribution < 1.29 is 4.74 Å². The SMILES string of the molecule is CCCCOc1cc(C)c(I)c(C)c1. The summed E-state index contributed by atoms with van der Waals surface area (Å²) in [7, 11) is 0. The van der Waals surface area contributed by atoms with Crippen molar-refractivity contribution in [1.29, 1.82) is 0 Å². The molecule has 0 bridgehead atoms. The number of halogens is 1. The van der Waals surface area contributed by atoms with Crippen molar-refractivity contribution in [3.63, 3.8) is 0 Å². The number of ether oxygens (including phenoxy) is 1. The molecule has 0 unspecified atom stereocenters. The van der Waals surface area contributed by atoms with Gasteiger partial charge < -0.3 is 4.74 Å². The molecular weight excluding hydrogens is 287 g/mol. The monoisotopic (exact) mass is 304 g/mol. The van der Waals surface area contributed by atoms with E-state index in [1.807, 2.05) is 0 Å². The molecule has 0 aromatic heterocycles. The maximum Gasteiger partial charge on any atom is 0.119 e. The largest absolute Gasteiger partial charge is 0.494 e. The second-order valence-electron chi connectivity index (χ2n) is 3.57. The molecule has 1 aromatic carbocycles. The molecule has 0 heterocycles. The van der Waals surface area contributed by atoms with Gasteiger partial charge in [0, 0.05) is 3.57 Å². The Kier molecular flexibility index (Phi) is 4.72. The predicted molar refractivity (Wildman–Crippen MR) is 69.0 cm³/mol. The van der Waals surface area contributed by atoms with E-state index < -0.39 is 0 Å². The van der Waals surface area contributed by atoms with Gasteiger partial charge in [-0.3, -0.25) is 0 Å². The smallest absolute Gasteiger partial charge is 0.119 e. The average Bonchev–Trinajstić information content (AvgIpc) is 2.14. The second kappa shape index (κ2) is 5.59. The molecular formula is C12H17IO. The van der Waals surface area contributed by atoms with Crippen LogP contribution in [0.1, 0.15) is 30.9 Å². The number of hydrogen-bond acceptors (Lipinski definition) is 1. The molecule has 0 spiro atoms. The maximum atomic E-state index is 5.66. The molecule has 14 heavy (non-hydrogen) atoms. The lowest BCUT2D eigenvalue weighted by molar-refractivity contribution is 0.309. The van der Waals surface area contributed by atoms with Gasteiger partial charge in [-0.15, -0.1) is 0 Å². The molecule has 1 nitrogen and oxygen atoms in total. The van der Waals surface area contributed by atoms with E-state index in [2.05, 4.69) is 55.5 Å². The molecule has 2 heteroatoms. The molecule has 78 valence electrons. The molecule has 0 saturated carbocycles. The van der Waals surface area contributed by atoms with Crippen LogP contribution >= 0.6 is 22.6 Å². The minimum absolute atomic E-state index is 0.829. The second-order valence-corrected chi connectivity index (χ2v) is 4.65. The van der Waals surface area contributed by atoms with Crippen molar-refractivity contribution in [2.24, 2.45) is 0 Å². The standard InChI is InChI=1S/C12H17IO/c1-4-5-6-14-11-7-9(2)12(13)10(3)8-11/h7-8H,4-6H2,1-3H3. The van der Waals surface area contributed by atoms with Crippen LogP contribution in [0, 0.1) is 17.4 Å². The predicted octanol–water partition coefficient (Wildman–Crippen LogP) is 4.09. The lowest BCUT2D eigenvalue weighted by Gasteiger charge is -2.09. The van der Waals surface area contributed by atoms with E-state index in [9.17, 15) is 0 Å². The molecule has 0 fully saturated rings. The molecule has 0 atom stereocenters. The fraction of sp³-hybridized carbons (Fsp3) is 0.500. The molecule has 0 radical (unpaired) electrons. The zero-order valence-electron chi connectivity index (χ0n) is 9.06. The van der Waals surface area contributed by atoms with Gasteiger partial charge in [0.15, 0.2) is 0 Å². The number of benzene rings is 1. The summed E-state index contributed by atoms with van der Waals surface area (Å²) in [5, 5.41) is 0. The van der Waals surface area contributed by atoms with Gasteiger partial charge in [-0.1, -0.05) is 13.3 Å². The van der Waals surface area contributed by atoms with Crippen LogP contribution < -0.4 is 4.74 Å². The number of unbranched alkanes of at least 4 members (excludes halogenated alkanes) is 1. The lowest BCUT2D eigenvalue weighted by atomic mass is 10.1. The molecule has 0 amide bonds. The normalized spacial score (nSPS) is 10.3. The van der Waals surface area contributed by atoms with Gasteiger partial charge in [-0.25, -0.2) is 0 Å². The molecule has 0 saturated heterocycles. The van der Waals surface area contributed by atoms with Crippen molar-refractivity contribution in [2.45, 2.75) is 33.6 Å². The molecule has 0 aliphatic heterocycles. The summed E-state index contributed by atoms with van der Waals surface area (Å²) in [5.41, 5.74) is 2.61. The summed E-state index contributed by atoms with van der Waals surface area (Å²) in [6.07, 6.45) is 2.31. The van der Waals surface area contributed by atoms with Crippen molar-refractivity contribution in [3.8, 4) is 5.75 Å². The Morgan fingerprint density at radius 1 is 1.21 bits per heavy atom. The van der Waals surface area contributed by atoms with Crippen LogP contribution in [0.15, 0.2) is 12.1 Å². The Bertz CT molecular complexity index is 284. The van der Waals surface area contributed by atoms with E-state index in [4.69, 9.17) is 4.74 Å². The topological polar surface area (TPSA) is 9.23 Å². The first-order chi connectivity index (χ1) is 6.65. The Labute approximate surface area is 100.0 Å². The minimum Gasteiger partial charge on any atom is -0.494 e. The van der Waals surface area contributed by atoms with Crippen LogP contribution in [0.2, 0.25) is 0 Å². The zero-order chi connectivity index (χ0) is 10.6. The Morgan fingerprint density at radius 2 is 1.79 bits per heavy atom. The third-order valence-corrected chi connectivity index (χ3v) is 3.88. The minimum atomic E-state index is 0.829. The lowest BCUT2D eigenvalue weighted by Crippen LogP contribution is -1.98. The van der Waals surface area contributed by atoms with Crippen molar-refractivity contribution in [1.82, 2.24) is 0 Å². The number of hydrogen-bond donors (Lipinski definition) is 0. The van der Waals surface area contributed by atoms with Crippen molar-refractivity contribution in [2.75, 3.05) is 6.61 Å². The van der Waals surface area contributed by atoms with Crippen LogP contribution in [-0.4, -0.2) is 6.61 Å². The number of aryl methyl sites for hydroxylation is 2. The van der Waals surface area contributed by atoms with Gasteiger partial charge in [0.2, 0.25) is 0 Å². The fourth-order valence-electron chi connectivity index (χ4n) is 1.32. The van der Waals surface area contributed by atoms with Crippen LogP contribution in [0.4, 0.5) is 0 Å². The summed E-state index contributed by atoms with van der Waals surface area (Å²) in [4.78, 5) is 0. The van der Waals surface area contributed by atoms with Crippen LogP contribution in [-0.2, 0) is 0 Å². The van der Waals surface area contributed by atoms with E-state index in [-0.39, 0.29) is 0 Å².